The number of anilines is 2. The number of nitrogens with zero attached hydrogens (tertiary/aromatic N) is 1. The molecule has 0 aromatic heterocycles. The topological polar surface area (TPSA) is 130 Å². The molecule has 4 aromatic carbocycles. The van der Waals surface area contributed by atoms with E-state index in [0.29, 0.717) is 16.8 Å². The van der Waals surface area contributed by atoms with Crippen molar-refractivity contribution in [2.24, 2.45) is 0 Å². The molecule has 9 nitrogen and oxygen atoms in total. The summed E-state index contributed by atoms with van der Waals surface area (Å²) in [7, 11) is 0. The Morgan fingerprint density at radius 2 is 1.50 bits per heavy atom. The van der Waals surface area contributed by atoms with Crippen LogP contribution in [0.15, 0.2) is 114 Å². The molecular formula is C32H28N4O5S. The predicted molar refractivity (Wildman–Crippen MR) is 165 cm³/mol. The number of carbonyl (C=O) groups is 3. The molecule has 4 aromatic rings. The number of non-ortho nitro benzene ring substituents is 1. The highest BCUT2D eigenvalue weighted by Crippen LogP contribution is 2.27. The molecule has 0 spiro atoms. The highest BCUT2D eigenvalue weighted by atomic mass is 32.2. The van der Waals surface area contributed by atoms with Gasteiger partial charge in [0.05, 0.1) is 10.2 Å². The van der Waals surface area contributed by atoms with Gasteiger partial charge in [-0.1, -0.05) is 36.4 Å². The van der Waals surface area contributed by atoms with Crippen LogP contribution in [0.25, 0.3) is 6.08 Å². The van der Waals surface area contributed by atoms with E-state index in [1.165, 1.54) is 42.1 Å². The fourth-order valence-corrected chi connectivity index (χ4v) is 4.80. The molecule has 0 aliphatic rings. The van der Waals surface area contributed by atoms with E-state index >= 15 is 0 Å². The summed E-state index contributed by atoms with van der Waals surface area (Å²) >= 11 is 1.34. The third-order valence-electron chi connectivity index (χ3n) is 6.00. The summed E-state index contributed by atoms with van der Waals surface area (Å²) in [6.07, 6.45) is 1.44. The molecule has 1 atom stereocenters. The monoisotopic (exact) mass is 580 g/mol. The quantitative estimate of drug-likeness (QED) is 0.0857. The van der Waals surface area contributed by atoms with Crippen LogP contribution >= 0.6 is 11.8 Å². The van der Waals surface area contributed by atoms with Crippen LogP contribution in [0, 0.1) is 17.0 Å². The largest absolute Gasteiger partial charge is 0.325 e. The Morgan fingerprint density at radius 3 is 2.17 bits per heavy atom. The SMILES string of the molecule is Cc1cccc(NC(=O)C(C)Sc2cccc(NC(=O)/C(=C\c3ccc([N+](=O)[O-])cc3)NC(=O)c3ccccc3)c2)c1. The number of hydrogen-bond donors (Lipinski definition) is 3. The van der Waals surface area contributed by atoms with Gasteiger partial charge in [0.15, 0.2) is 0 Å². The number of nitro groups is 1. The zero-order chi connectivity index (χ0) is 30.1. The van der Waals surface area contributed by atoms with Gasteiger partial charge in [0, 0.05) is 34.0 Å². The number of nitro benzene ring substituents is 1. The number of nitrogens with one attached hydrogen (secondary N) is 3. The Labute approximate surface area is 247 Å². The molecule has 10 heteroatoms. The maximum absolute atomic E-state index is 13.4. The minimum atomic E-state index is -0.593. The predicted octanol–water partition coefficient (Wildman–Crippen LogP) is 6.43. The van der Waals surface area contributed by atoms with E-state index in [2.05, 4.69) is 16.0 Å². The standard InChI is InChI=1S/C32H28N4O5S/c1-21-8-6-11-25(18-21)33-30(37)22(2)42-28-13-7-12-26(20-28)34-32(39)29(35-31(38)24-9-4-3-5-10-24)19-23-14-16-27(17-15-23)36(40)41/h3-20,22H,1-2H3,(H,33,37)(H,34,39)(H,35,38)/b29-19+. The first-order valence-electron chi connectivity index (χ1n) is 13.0. The van der Waals surface area contributed by atoms with E-state index in [0.717, 1.165) is 16.1 Å². The Bertz CT molecular complexity index is 1640. The van der Waals surface area contributed by atoms with Crippen molar-refractivity contribution >= 4 is 52.6 Å². The van der Waals surface area contributed by atoms with Gasteiger partial charge in [-0.05, 0) is 85.6 Å². The van der Waals surface area contributed by atoms with Crippen LogP contribution in [-0.4, -0.2) is 27.9 Å². The summed E-state index contributed by atoms with van der Waals surface area (Å²) in [6, 6.07) is 28.6. The van der Waals surface area contributed by atoms with Gasteiger partial charge in [0.25, 0.3) is 17.5 Å². The Hall–Kier alpha value is -5.22. The van der Waals surface area contributed by atoms with Gasteiger partial charge >= 0.3 is 0 Å². The van der Waals surface area contributed by atoms with Gasteiger partial charge in [0.1, 0.15) is 5.70 Å². The maximum atomic E-state index is 13.4. The van der Waals surface area contributed by atoms with Crippen LogP contribution in [0.1, 0.15) is 28.4 Å². The first-order valence-corrected chi connectivity index (χ1v) is 13.8. The van der Waals surface area contributed by atoms with Gasteiger partial charge < -0.3 is 16.0 Å². The van der Waals surface area contributed by atoms with Crippen LogP contribution in [0.4, 0.5) is 17.1 Å². The van der Waals surface area contributed by atoms with Crippen molar-refractivity contribution in [1.29, 1.82) is 0 Å². The Morgan fingerprint density at radius 1 is 0.833 bits per heavy atom. The van der Waals surface area contributed by atoms with E-state index < -0.39 is 22.0 Å². The van der Waals surface area contributed by atoms with Gasteiger partial charge in [-0.2, -0.15) is 0 Å². The van der Waals surface area contributed by atoms with E-state index in [1.54, 1.807) is 55.5 Å². The molecule has 3 N–H and O–H groups in total. The second kappa shape index (κ2) is 13.9. The summed E-state index contributed by atoms with van der Waals surface area (Å²) in [5, 5.41) is 19.0. The number of amides is 3. The molecular weight excluding hydrogens is 552 g/mol. The third-order valence-corrected chi connectivity index (χ3v) is 7.10. The second-order valence-corrected chi connectivity index (χ2v) is 10.7. The lowest BCUT2D eigenvalue weighted by Gasteiger charge is -2.14. The van der Waals surface area contributed by atoms with Crippen LogP contribution in [0.5, 0.6) is 0 Å². The molecule has 0 saturated heterocycles. The lowest BCUT2D eigenvalue weighted by Crippen LogP contribution is -2.30. The summed E-state index contributed by atoms with van der Waals surface area (Å²) in [5.41, 5.74) is 2.91. The van der Waals surface area contributed by atoms with Crippen LogP contribution in [0.2, 0.25) is 0 Å². The van der Waals surface area contributed by atoms with Gasteiger partial charge in [-0.3, -0.25) is 24.5 Å². The first-order chi connectivity index (χ1) is 20.2. The number of aryl methyl sites for hydroxylation is 1. The molecule has 1 unspecified atom stereocenters. The molecule has 42 heavy (non-hydrogen) atoms. The fourth-order valence-electron chi connectivity index (χ4n) is 3.87. The molecule has 0 radical (unpaired) electrons. The molecule has 0 heterocycles. The minimum Gasteiger partial charge on any atom is -0.325 e. The average Bonchev–Trinajstić information content (AvgIpc) is 2.97. The smallest absolute Gasteiger partial charge is 0.272 e. The summed E-state index contributed by atoms with van der Waals surface area (Å²) in [4.78, 5) is 50.2. The van der Waals surface area contributed by atoms with Crippen molar-refractivity contribution < 1.29 is 19.3 Å². The van der Waals surface area contributed by atoms with Crippen molar-refractivity contribution in [3.05, 3.63) is 136 Å². The molecule has 0 fully saturated rings. The zero-order valence-electron chi connectivity index (χ0n) is 22.9. The van der Waals surface area contributed by atoms with E-state index in [-0.39, 0.29) is 17.3 Å². The highest BCUT2D eigenvalue weighted by Gasteiger charge is 2.18. The molecule has 0 saturated carbocycles. The van der Waals surface area contributed by atoms with Gasteiger partial charge in [0.2, 0.25) is 5.91 Å². The number of hydrogen-bond acceptors (Lipinski definition) is 6. The van der Waals surface area contributed by atoms with Gasteiger partial charge in [-0.25, -0.2) is 0 Å². The van der Waals surface area contributed by atoms with E-state index in [9.17, 15) is 24.5 Å². The number of thioether (sulfide) groups is 1. The normalized spacial score (nSPS) is 11.7. The molecule has 3 amide bonds. The van der Waals surface area contributed by atoms with Crippen molar-refractivity contribution in [2.75, 3.05) is 10.6 Å². The average molecular weight is 581 g/mol. The van der Waals surface area contributed by atoms with Crippen molar-refractivity contribution in [3.8, 4) is 0 Å². The third kappa shape index (κ3) is 8.39. The van der Waals surface area contributed by atoms with Crippen molar-refractivity contribution in [2.45, 2.75) is 24.0 Å². The van der Waals surface area contributed by atoms with E-state index in [4.69, 9.17) is 0 Å². The Balaban J connectivity index is 1.49. The van der Waals surface area contributed by atoms with Gasteiger partial charge in [-0.15, -0.1) is 11.8 Å². The lowest BCUT2D eigenvalue weighted by atomic mass is 10.1. The molecule has 0 bridgehead atoms. The second-order valence-electron chi connectivity index (χ2n) is 9.33. The molecule has 212 valence electrons. The van der Waals surface area contributed by atoms with Crippen LogP contribution in [0.3, 0.4) is 0 Å². The van der Waals surface area contributed by atoms with Crippen LogP contribution in [-0.2, 0) is 9.59 Å². The lowest BCUT2D eigenvalue weighted by molar-refractivity contribution is -0.384. The summed E-state index contributed by atoms with van der Waals surface area (Å²) in [5.74, 6) is -1.24. The maximum Gasteiger partial charge on any atom is 0.272 e. The zero-order valence-corrected chi connectivity index (χ0v) is 23.7. The highest BCUT2D eigenvalue weighted by molar-refractivity contribution is 8.00. The molecule has 4 rings (SSSR count). The van der Waals surface area contributed by atoms with E-state index in [1.807, 2.05) is 37.3 Å². The van der Waals surface area contributed by atoms with Crippen molar-refractivity contribution in [1.82, 2.24) is 5.32 Å². The molecule has 0 aliphatic heterocycles. The summed E-state index contributed by atoms with van der Waals surface area (Å²) in [6.45, 7) is 3.75. The number of benzene rings is 4. The number of carbonyl (C=O) groups excluding carboxylic acids is 3. The number of rotatable bonds is 10. The summed E-state index contributed by atoms with van der Waals surface area (Å²) < 4.78 is 0. The Kier molecular flexibility index (Phi) is 9.85. The molecule has 0 aliphatic carbocycles. The minimum absolute atomic E-state index is 0.0540. The van der Waals surface area contributed by atoms with Crippen molar-refractivity contribution in [3.63, 3.8) is 0 Å². The van der Waals surface area contributed by atoms with Crippen LogP contribution < -0.4 is 16.0 Å². The first kappa shape index (κ1) is 29.8. The fraction of sp³-hybridized carbons (Fsp3) is 0.0938.